The van der Waals surface area contributed by atoms with Crippen molar-refractivity contribution in [1.29, 1.82) is 0 Å². The van der Waals surface area contributed by atoms with Gasteiger partial charge in [-0.1, -0.05) is 30.3 Å². The zero-order valence-corrected chi connectivity index (χ0v) is 17.9. The van der Waals surface area contributed by atoms with Gasteiger partial charge in [0.05, 0.1) is 37.4 Å². The summed E-state index contributed by atoms with van der Waals surface area (Å²) >= 11 is 0. The summed E-state index contributed by atoms with van der Waals surface area (Å²) in [6.45, 7) is 0.129. The summed E-state index contributed by atoms with van der Waals surface area (Å²) < 4.78 is 14.4. The van der Waals surface area contributed by atoms with E-state index in [1.165, 1.54) is 14.2 Å². The summed E-state index contributed by atoms with van der Waals surface area (Å²) in [5.41, 5.74) is 2.72. The monoisotopic (exact) mass is 438 g/mol. The molecule has 8 nitrogen and oxygen atoms in total. The summed E-state index contributed by atoms with van der Waals surface area (Å²) in [5.74, 6) is 1.17. The van der Waals surface area contributed by atoms with Crippen LogP contribution in [0.4, 0.5) is 0 Å². The highest BCUT2D eigenvalue weighted by Gasteiger charge is 2.34. The molecule has 0 saturated carbocycles. The molecule has 0 spiro atoms. The summed E-state index contributed by atoms with van der Waals surface area (Å²) in [6, 6.07) is 16.4. The number of fused-ring (bicyclic) bond motifs is 6. The number of carbonyl (C=O) groups excluding carboxylic acids is 1. The molecule has 162 valence electrons. The lowest BCUT2D eigenvalue weighted by Gasteiger charge is -2.17. The summed E-state index contributed by atoms with van der Waals surface area (Å²) in [5, 5.41) is 9.34. The van der Waals surface area contributed by atoms with Crippen molar-refractivity contribution in [2.24, 2.45) is 0 Å². The molecular weight excluding hydrogens is 420 g/mol. The average Bonchev–Trinajstić information content (AvgIpc) is 3.39. The summed E-state index contributed by atoms with van der Waals surface area (Å²) in [7, 11) is 3.00. The van der Waals surface area contributed by atoms with E-state index in [4.69, 9.17) is 9.47 Å². The van der Waals surface area contributed by atoms with Crippen molar-refractivity contribution in [3.8, 4) is 22.8 Å². The van der Waals surface area contributed by atoms with Crippen LogP contribution in [0.1, 0.15) is 21.7 Å². The number of ketones is 1. The van der Waals surface area contributed by atoms with E-state index >= 15 is 0 Å². The Morgan fingerprint density at radius 3 is 2.45 bits per heavy atom. The van der Waals surface area contributed by atoms with Gasteiger partial charge in [-0.3, -0.25) is 18.6 Å². The fraction of sp³-hybridized carbons (Fsp3) is 0.120. The lowest BCUT2D eigenvalue weighted by Crippen LogP contribution is -2.25. The minimum atomic E-state index is -0.295. The molecular formula is C25H18N4O4. The first-order valence-electron chi connectivity index (χ1n) is 10.4. The Morgan fingerprint density at radius 1 is 0.879 bits per heavy atom. The van der Waals surface area contributed by atoms with Crippen molar-refractivity contribution in [2.45, 2.75) is 6.54 Å². The van der Waals surface area contributed by atoms with E-state index in [0.717, 1.165) is 5.56 Å². The van der Waals surface area contributed by atoms with Crippen LogP contribution in [0.2, 0.25) is 0 Å². The molecule has 0 fully saturated rings. The number of aromatic nitrogens is 4. The van der Waals surface area contributed by atoms with E-state index in [0.29, 0.717) is 50.6 Å². The first-order chi connectivity index (χ1) is 16.1. The Balaban J connectivity index is 1.74. The summed E-state index contributed by atoms with van der Waals surface area (Å²) in [6.07, 6.45) is 1.85. The molecule has 0 unspecified atom stereocenters. The zero-order chi connectivity index (χ0) is 22.7. The number of carbonyl (C=O) groups is 1. The van der Waals surface area contributed by atoms with Gasteiger partial charge in [0, 0.05) is 22.7 Å². The van der Waals surface area contributed by atoms with E-state index in [9.17, 15) is 9.59 Å². The number of rotatable bonds is 4. The Morgan fingerprint density at radius 2 is 1.67 bits per heavy atom. The van der Waals surface area contributed by atoms with Crippen LogP contribution in [-0.4, -0.2) is 39.2 Å². The maximum atomic E-state index is 14.0. The predicted octanol–water partition coefficient (Wildman–Crippen LogP) is 3.32. The third-order valence-electron chi connectivity index (χ3n) is 6.12. The number of methoxy groups -OCH3 is 2. The van der Waals surface area contributed by atoms with Gasteiger partial charge in [0.1, 0.15) is 0 Å². The molecule has 6 rings (SSSR count). The second-order valence-electron chi connectivity index (χ2n) is 7.76. The van der Waals surface area contributed by atoms with Crippen LogP contribution >= 0.6 is 0 Å². The van der Waals surface area contributed by atoms with E-state index < -0.39 is 0 Å². The molecule has 3 heterocycles. The van der Waals surface area contributed by atoms with Gasteiger partial charge in [-0.25, -0.2) is 0 Å². The van der Waals surface area contributed by atoms with Crippen LogP contribution in [0.25, 0.3) is 27.7 Å². The Kier molecular flexibility index (Phi) is 4.10. The van der Waals surface area contributed by atoms with Crippen molar-refractivity contribution in [2.75, 3.05) is 14.2 Å². The zero-order valence-electron chi connectivity index (χ0n) is 17.9. The number of hydrogen-bond acceptors (Lipinski definition) is 6. The van der Waals surface area contributed by atoms with Gasteiger partial charge in [0.2, 0.25) is 0 Å². The van der Waals surface area contributed by atoms with Gasteiger partial charge in [0.25, 0.3) is 5.56 Å². The normalized spacial score (nSPS) is 12.2. The molecule has 0 atom stereocenters. The molecule has 2 aromatic carbocycles. The number of benzene rings is 2. The minimum Gasteiger partial charge on any atom is -0.493 e. The van der Waals surface area contributed by atoms with E-state index in [1.54, 1.807) is 22.8 Å². The van der Waals surface area contributed by atoms with Crippen molar-refractivity contribution < 1.29 is 14.3 Å². The lowest BCUT2D eigenvalue weighted by molar-refractivity contribution is 0.104. The smallest absolute Gasteiger partial charge is 0.263 e. The van der Waals surface area contributed by atoms with Gasteiger partial charge < -0.3 is 9.47 Å². The minimum absolute atomic E-state index is 0.127. The van der Waals surface area contributed by atoms with Crippen LogP contribution in [0.3, 0.4) is 0 Å². The quantitative estimate of drug-likeness (QED) is 0.420. The molecule has 0 radical (unpaired) electrons. The van der Waals surface area contributed by atoms with Crippen LogP contribution in [0, 0.1) is 0 Å². The van der Waals surface area contributed by atoms with Crippen LogP contribution in [0.15, 0.2) is 65.6 Å². The van der Waals surface area contributed by atoms with Crippen molar-refractivity contribution in [3.05, 3.63) is 88.1 Å². The molecule has 0 amide bonds. The van der Waals surface area contributed by atoms with E-state index in [1.807, 2.05) is 47.0 Å². The number of nitrogens with zero attached hydrogens (tertiary/aromatic N) is 4. The average molecular weight is 438 g/mol. The first-order valence-corrected chi connectivity index (χ1v) is 10.4. The van der Waals surface area contributed by atoms with Crippen molar-refractivity contribution >= 4 is 22.2 Å². The SMILES string of the molecule is COc1ccc2c3c(n(Cc4nnc5ccccn45)c(=O)c2c1OC)-c1ccccc1C3=O. The van der Waals surface area contributed by atoms with Gasteiger partial charge in [-0.05, 0) is 24.3 Å². The number of pyridine rings is 2. The standard InChI is InChI=1S/C25H18N4O4/c1-32-17-11-10-16-20-22(14-7-3-4-8-15(14)23(20)30)29(25(31)21(16)24(17)33-2)13-19-27-26-18-9-5-6-12-28(18)19/h3-12H,13H2,1-2H3. The molecule has 1 aliphatic rings. The number of ether oxygens (including phenoxy) is 2. The summed E-state index contributed by atoms with van der Waals surface area (Å²) in [4.78, 5) is 27.5. The highest BCUT2D eigenvalue weighted by atomic mass is 16.5. The molecule has 1 aliphatic carbocycles. The van der Waals surface area contributed by atoms with E-state index in [-0.39, 0.29) is 17.9 Å². The third-order valence-corrected chi connectivity index (χ3v) is 6.12. The Bertz CT molecular complexity index is 1670. The molecule has 5 aromatic rings. The van der Waals surface area contributed by atoms with Crippen LogP contribution < -0.4 is 15.0 Å². The molecule has 0 saturated heterocycles. The highest BCUT2D eigenvalue weighted by molar-refractivity contribution is 6.27. The molecule has 0 aliphatic heterocycles. The number of hydrogen-bond donors (Lipinski definition) is 0. The van der Waals surface area contributed by atoms with Crippen LogP contribution in [0.5, 0.6) is 11.5 Å². The molecule has 3 aromatic heterocycles. The fourth-order valence-electron chi connectivity index (χ4n) is 4.67. The van der Waals surface area contributed by atoms with Gasteiger partial charge in [-0.15, -0.1) is 10.2 Å². The maximum Gasteiger partial charge on any atom is 0.263 e. The molecule has 8 heteroatoms. The molecule has 33 heavy (non-hydrogen) atoms. The fourth-order valence-corrected chi connectivity index (χ4v) is 4.67. The topological polar surface area (TPSA) is 87.7 Å². The van der Waals surface area contributed by atoms with Gasteiger partial charge >= 0.3 is 0 Å². The highest BCUT2D eigenvalue weighted by Crippen LogP contribution is 2.43. The Hall–Kier alpha value is -4.46. The maximum absolute atomic E-state index is 14.0. The first kappa shape index (κ1) is 19.2. The predicted molar refractivity (Wildman–Crippen MR) is 122 cm³/mol. The largest absolute Gasteiger partial charge is 0.493 e. The lowest BCUT2D eigenvalue weighted by atomic mass is 10.0. The molecule has 0 bridgehead atoms. The third kappa shape index (κ3) is 2.57. The van der Waals surface area contributed by atoms with Crippen LogP contribution in [-0.2, 0) is 6.54 Å². The molecule has 0 N–H and O–H groups in total. The Labute approximate surface area is 187 Å². The van der Waals surface area contributed by atoms with Crippen molar-refractivity contribution in [1.82, 2.24) is 19.2 Å². The van der Waals surface area contributed by atoms with E-state index in [2.05, 4.69) is 10.2 Å². The van der Waals surface area contributed by atoms with Gasteiger partial charge in [-0.2, -0.15) is 0 Å². The second-order valence-corrected chi connectivity index (χ2v) is 7.76. The van der Waals surface area contributed by atoms with Gasteiger partial charge in [0.15, 0.2) is 28.8 Å². The van der Waals surface area contributed by atoms with Crippen molar-refractivity contribution in [3.63, 3.8) is 0 Å². The second kappa shape index (κ2) is 7.03.